The quantitative estimate of drug-likeness (QED) is 0.875. The minimum atomic E-state index is -0.248. The van der Waals surface area contributed by atoms with E-state index < -0.39 is 0 Å². The summed E-state index contributed by atoms with van der Waals surface area (Å²) >= 11 is 0. The lowest BCUT2D eigenvalue weighted by molar-refractivity contribution is -0.119. The van der Waals surface area contributed by atoms with Crippen molar-refractivity contribution < 1.29 is 4.79 Å². The number of fused-ring (bicyclic) bond motifs is 1. The van der Waals surface area contributed by atoms with E-state index in [1.165, 1.54) is 0 Å². The van der Waals surface area contributed by atoms with E-state index in [0.717, 1.165) is 22.4 Å². The van der Waals surface area contributed by atoms with Gasteiger partial charge in [-0.1, -0.05) is 6.07 Å². The third-order valence-electron chi connectivity index (χ3n) is 3.16. The Morgan fingerprint density at radius 3 is 2.76 bits per heavy atom. The van der Waals surface area contributed by atoms with Crippen LogP contribution < -0.4 is 5.32 Å². The molecule has 2 rings (SSSR count). The van der Waals surface area contributed by atoms with Crippen LogP contribution >= 0.6 is 0 Å². The van der Waals surface area contributed by atoms with Crippen LogP contribution in [0.25, 0.3) is 11.0 Å². The average molecular weight is 231 g/mol. The molecule has 0 aliphatic heterocycles. The van der Waals surface area contributed by atoms with Gasteiger partial charge in [0.25, 0.3) is 0 Å². The number of nitrogens with zero attached hydrogens (tertiary/aromatic N) is 2. The van der Waals surface area contributed by atoms with Gasteiger partial charge in [-0.15, -0.1) is 0 Å². The Labute approximate surface area is 101 Å². The fourth-order valence-electron chi connectivity index (χ4n) is 2.12. The Balaban J connectivity index is 2.54. The molecule has 1 heterocycles. The molecule has 4 nitrogen and oxygen atoms in total. The highest BCUT2D eigenvalue weighted by Gasteiger charge is 2.15. The summed E-state index contributed by atoms with van der Waals surface area (Å²) in [6, 6.07) is 5.72. The van der Waals surface area contributed by atoms with Crippen LogP contribution in [0.3, 0.4) is 0 Å². The van der Waals surface area contributed by atoms with Gasteiger partial charge in [-0.25, -0.2) is 4.98 Å². The first-order chi connectivity index (χ1) is 8.04. The fraction of sp³-hybridized carbons (Fsp3) is 0.385. The van der Waals surface area contributed by atoms with E-state index in [0.29, 0.717) is 0 Å². The summed E-state index contributed by atoms with van der Waals surface area (Å²) in [7, 11) is 3.78. The summed E-state index contributed by atoms with van der Waals surface area (Å²) in [5.74, 6) is 1.08. The van der Waals surface area contributed by atoms with Crippen molar-refractivity contribution in [1.29, 1.82) is 0 Å². The van der Waals surface area contributed by atoms with Crippen molar-refractivity contribution in [1.82, 2.24) is 14.9 Å². The van der Waals surface area contributed by atoms with Crippen molar-refractivity contribution in [2.75, 3.05) is 7.05 Å². The molecule has 2 aromatic rings. The molecule has 0 aliphatic rings. The van der Waals surface area contributed by atoms with Gasteiger partial charge < -0.3 is 9.88 Å². The number of carbonyl (C=O) groups is 1. The lowest BCUT2D eigenvalue weighted by Gasteiger charge is -2.12. The number of imidazole rings is 1. The van der Waals surface area contributed by atoms with Crippen molar-refractivity contribution in [2.24, 2.45) is 7.05 Å². The van der Waals surface area contributed by atoms with E-state index in [1.54, 1.807) is 14.0 Å². The van der Waals surface area contributed by atoms with Crippen LogP contribution in [0.2, 0.25) is 0 Å². The Bertz CT molecular complexity index is 571. The molecule has 1 unspecified atom stereocenters. The predicted molar refractivity (Wildman–Crippen MR) is 67.9 cm³/mol. The van der Waals surface area contributed by atoms with Crippen molar-refractivity contribution in [3.8, 4) is 0 Å². The molecule has 0 saturated carbocycles. The van der Waals surface area contributed by atoms with Gasteiger partial charge in [0.15, 0.2) is 5.78 Å². The van der Waals surface area contributed by atoms with Crippen LogP contribution in [-0.2, 0) is 11.8 Å². The molecule has 0 bridgehead atoms. The number of nitrogens with one attached hydrogen (secondary N) is 1. The lowest BCUT2D eigenvalue weighted by Crippen LogP contribution is -2.23. The van der Waals surface area contributed by atoms with Crippen LogP contribution in [-0.4, -0.2) is 22.4 Å². The minimum absolute atomic E-state index is 0.111. The normalized spacial score (nSPS) is 12.9. The molecule has 1 atom stereocenters. The van der Waals surface area contributed by atoms with E-state index in [1.807, 2.05) is 36.7 Å². The van der Waals surface area contributed by atoms with E-state index >= 15 is 0 Å². The largest absolute Gasteiger partial charge is 0.331 e. The van der Waals surface area contributed by atoms with Crippen molar-refractivity contribution in [2.45, 2.75) is 19.9 Å². The number of aryl methyl sites for hydroxylation is 2. The second-order valence-electron chi connectivity index (χ2n) is 4.30. The molecular formula is C13H17N3O. The first-order valence-electron chi connectivity index (χ1n) is 5.65. The zero-order chi connectivity index (χ0) is 12.6. The van der Waals surface area contributed by atoms with Crippen LogP contribution in [0.4, 0.5) is 0 Å². The molecule has 0 fully saturated rings. The number of hydrogen-bond acceptors (Lipinski definition) is 3. The van der Waals surface area contributed by atoms with Crippen molar-refractivity contribution in [3.05, 3.63) is 29.6 Å². The van der Waals surface area contributed by atoms with Gasteiger partial charge in [0, 0.05) is 7.05 Å². The van der Waals surface area contributed by atoms with Gasteiger partial charge in [0.05, 0.1) is 17.1 Å². The van der Waals surface area contributed by atoms with E-state index in [2.05, 4.69) is 10.3 Å². The highest BCUT2D eigenvalue weighted by atomic mass is 16.1. The maximum atomic E-state index is 11.5. The van der Waals surface area contributed by atoms with Crippen LogP contribution in [0.5, 0.6) is 0 Å². The van der Waals surface area contributed by atoms with E-state index in [9.17, 15) is 4.79 Å². The lowest BCUT2D eigenvalue weighted by atomic mass is 10.0. The van der Waals surface area contributed by atoms with Crippen molar-refractivity contribution >= 4 is 16.8 Å². The smallest absolute Gasteiger partial charge is 0.151 e. The summed E-state index contributed by atoms with van der Waals surface area (Å²) in [5.41, 5.74) is 2.99. The zero-order valence-electron chi connectivity index (χ0n) is 10.6. The average Bonchev–Trinajstić information content (AvgIpc) is 2.55. The summed E-state index contributed by atoms with van der Waals surface area (Å²) in [6.07, 6.45) is 0. The van der Waals surface area contributed by atoms with Gasteiger partial charge in [-0.05, 0) is 38.6 Å². The molecule has 0 saturated heterocycles. The topological polar surface area (TPSA) is 46.9 Å². The minimum Gasteiger partial charge on any atom is -0.331 e. The number of Topliss-reactive ketones (excluding diaryl/α,β-unsaturated/α-hetero) is 1. The molecule has 1 aromatic carbocycles. The number of aromatic nitrogens is 2. The third-order valence-corrected chi connectivity index (χ3v) is 3.16. The SMILES string of the molecule is CNC(C(C)=O)c1ccc2c(c1)nc(C)n2C. The second-order valence-corrected chi connectivity index (χ2v) is 4.30. The molecule has 0 amide bonds. The number of ketones is 1. The Morgan fingerprint density at radius 1 is 1.47 bits per heavy atom. The van der Waals surface area contributed by atoms with Gasteiger partial charge in [-0.2, -0.15) is 0 Å². The van der Waals surface area contributed by atoms with Crippen LogP contribution in [0.1, 0.15) is 24.4 Å². The molecule has 0 radical (unpaired) electrons. The maximum Gasteiger partial charge on any atom is 0.151 e. The molecule has 90 valence electrons. The van der Waals surface area contributed by atoms with Crippen LogP contribution in [0.15, 0.2) is 18.2 Å². The summed E-state index contributed by atoms with van der Waals surface area (Å²) in [6.45, 7) is 3.56. The predicted octanol–water partition coefficient (Wildman–Crippen LogP) is 1.73. The Hall–Kier alpha value is -1.68. The molecule has 17 heavy (non-hydrogen) atoms. The molecule has 4 heteroatoms. The highest BCUT2D eigenvalue weighted by Crippen LogP contribution is 2.21. The first-order valence-corrected chi connectivity index (χ1v) is 5.65. The third kappa shape index (κ3) is 1.96. The number of hydrogen-bond donors (Lipinski definition) is 1. The maximum absolute atomic E-state index is 11.5. The van der Waals surface area contributed by atoms with Crippen LogP contribution in [0, 0.1) is 6.92 Å². The Kier molecular flexibility index (Phi) is 2.98. The molecule has 0 spiro atoms. The zero-order valence-corrected chi connectivity index (χ0v) is 10.6. The molecule has 1 aromatic heterocycles. The van der Waals surface area contributed by atoms with Crippen molar-refractivity contribution in [3.63, 3.8) is 0 Å². The molecule has 1 N–H and O–H groups in total. The summed E-state index contributed by atoms with van der Waals surface area (Å²) in [4.78, 5) is 16.0. The number of carbonyl (C=O) groups excluding carboxylic acids is 1. The number of benzene rings is 1. The first kappa shape index (κ1) is 11.8. The fourth-order valence-corrected chi connectivity index (χ4v) is 2.12. The van der Waals surface area contributed by atoms with Gasteiger partial charge in [0.2, 0.25) is 0 Å². The van der Waals surface area contributed by atoms with Gasteiger partial charge in [-0.3, -0.25) is 4.79 Å². The van der Waals surface area contributed by atoms with E-state index in [4.69, 9.17) is 0 Å². The second kappa shape index (κ2) is 4.30. The van der Waals surface area contributed by atoms with E-state index in [-0.39, 0.29) is 11.8 Å². The summed E-state index contributed by atoms with van der Waals surface area (Å²) in [5, 5.41) is 3.02. The standard InChI is InChI=1S/C13H17N3O/c1-8(17)13(14-3)10-5-6-12-11(7-10)15-9(2)16(12)4/h5-7,13-14H,1-4H3. The van der Waals surface area contributed by atoms with Gasteiger partial charge >= 0.3 is 0 Å². The summed E-state index contributed by atoms with van der Waals surface area (Å²) < 4.78 is 2.04. The molecule has 0 aliphatic carbocycles. The Morgan fingerprint density at radius 2 is 2.18 bits per heavy atom. The van der Waals surface area contributed by atoms with Gasteiger partial charge in [0.1, 0.15) is 5.82 Å². The number of likely N-dealkylation sites (N-methyl/N-ethyl adjacent to an activating group) is 1. The number of rotatable bonds is 3. The monoisotopic (exact) mass is 231 g/mol. The molecular weight excluding hydrogens is 214 g/mol. The highest BCUT2D eigenvalue weighted by molar-refractivity contribution is 5.85.